The summed E-state index contributed by atoms with van der Waals surface area (Å²) in [6.45, 7) is 3.06. The van der Waals surface area contributed by atoms with Crippen LogP contribution in [0.25, 0.3) is 0 Å². The summed E-state index contributed by atoms with van der Waals surface area (Å²) in [4.78, 5) is 12.0. The molecule has 0 spiro atoms. The Hall–Kier alpha value is -1.51. The number of hydrogen-bond donors (Lipinski definition) is 2. The van der Waals surface area contributed by atoms with E-state index < -0.39 is 0 Å². The van der Waals surface area contributed by atoms with Crippen LogP contribution in [0.5, 0.6) is 0 Å². The summed E-state index contributed by atoms with van der Waals surface area (Å²) in [6, 6.07) is 6.20. The highest BCUT2D eigenvalue weighted by atomic mass is 16.1. The number of carbonyl (C=O) groups excluding carboxylic acids is 1. The van der Waals surface area contributed by atoms with Gasteiger partial charge in [0.25, 0.3) is 0 Å². The van der Waals surface area contributed by atoms with Gasteiger partial charge in [0.2, 0.25) is 5.91 Å². The molecule has 1 amide bonds. The third-order valence-electron chi connectivity index (χ3n) is 4.06. The van der Waals surface area contributed by atoms with Crippen molar-refractivity contribution in [2.75, 3.05) is 17.2 Å². The lowest BCUT2D eigenvalue weighted by atomic mass is 10.0. The van der Waals surface area contributed by atoms with Crippen LogP contribution in [0.4, 0.5) is 11.4 Å². The van der Waals surface area contributed by atoms with Crippen LogP contribution >= 0.6 is 0 Å². The fourth-order valence-electron chi connectivity index (χ4n) is 2.61. The lowest BCUT2D eigenvalue weighted by molar-refractivity contribution is -0.119. The Balaban J connectivity index is 1.70. The Morgan fingerprint density at radius 3 is 3.06 bits per heavy atom. The molecule has 1 fully saturated rings. The standard InChI is InChI=1S/C15H20N2O/c1-10(11-4-5-11)15(18)17-13-7-6-12-3-2-8-16-14(12)9-13/h6-7,9-11,16H,2-5,8H2,1H3,(H,17,18). The molecule has 1 aromatic rings. The molecule has 96 valence electrons. The average molecular weight is 244 g/mol. The normalized spacial score (nSPS) is 19.6. The van der Waals surface area contributed by atoms with Gasteiger partial charge < -0.3 is 10.6 Å². The topological polar surface area (TPSA) is 41.1 Å². The second-order valence-electron chi connectivity index (χ2n) is 5.52. The van der Waals surface area contributed by atoms with Crippen LogP contribution < -0.4 is 10.6 Å². The Morgan fingerprint density at radius 2 is 2.28 bits per heavy atom. The molecule has 3 heteroatoms. The molecule has 1 atom stereocenters. The van der Waals surface area contributed by atoms with Crippen molar-refractivity contribution in [3.63, 3.8) is 0 Å². The molecule has 0 bridgehead atoms. The molecule has 1 saturated carbocycles. The average Bonchev–Trinajstić information content (AvgIpc) is 3.22. The van der Waals surface area contributed by atoms with Crippen LogP contribution in [-0.4, -0.2) is 12.5 Å². The summed E-state index contributed by atoms with van der Waals surface area (Å²) < 4.78 is 0. The van der Waals surface area contributed by atoms with Crippen LogP contribution in [0.3, 0.4) is 0 Å². The molecular formula is C15H20N2O. The monoisotopic (exact) mass is 244 g/mol. The van der Waals surface area contributed by atoms with E-state index in [-0.39, 0.29) is 11.8 Å². The minimum absolute atomic E-state index is 0.147. The van der Waals surface area contributed by atoms with Gasteiger partial charge in [-0.2, -0.15) is 0 Å². The number of hydrogen-bond acceptors (Lipinski definition) is 2. The number of fused-ring (bicyclic) bond motifs is 1. The predicted octanol–water partition coefficient (Wildman–Crippen LogP) is 3.03. The number of anilines is 2. The maximum absolute atomic E-state index is 12.0. The summed E-state index contributed by atoms with van der Waals surface area (Å²) >= 11 is 0. The maximum atomic E-state index is 12.0. The van der Waals surface area contributed by atoms with Crippen LogP contribution in [-0.2, 0) is 11.2 Å². The SMILES string of the molecule is CC(C(=O)Nc1ccc2c(c1)NCCC2)C1CC1. The van der Waals surface area contributed by atoms with Gasteiger partial charge >= 0.3 is 0 Å². The number of amides is 1. The highest BCUT2D eigenvalue weighted by Gasteiger charge is 2.32. The van der Waals surface area contributed by atoms with E-state index in [1.54, 1.807) is 0 Å². The third-order valence-corrected chi connectivity index (χ3v) is 4.06. The van der Waals surface area contributed by atoms with Gasteiger partial charge in [-0.1, -0.05) is 13.0 Å². The molecule has 1 unspecified atom stereocenters. The zero-order valence-corrected chi connectivity index (χ0v) is 10.8. The van der Waals surface area contributed by atoms with E-state index in [4.69, 9.17) is 0 Å². The molecule has 1 aliphatic heterocycles. The highest BCUT2D eigenvalue weighted by Crippen LogP contribution is 2.37. The van der Waals surface area contributed by atoms with Crippen LogP contribution in [0.2, 0.25) is 0 Å². The predicted molar refractivity (Wildman–Crippen MR) is 73.8 cm³/mol. The first-order chi connectivity index (χ1) is 8.74. The van der Waals surface area contributed by atoms with E-state index in [1.807, 2.05) is 13.0 Å². The first kappa shape index (κ1) is 11.6. The third kappa shape index (κ3) is 2.35. The molecule has 1 heterocycles. The minimum atomic E-state index is 0.147. The van der Waals surface area contributed by atoms with Crippen LogP contribution in [0, 0.1) is 11.8 Å². The summed E-state index contributed by atoms with van der Waals surface area (Å²) in [7, 11) is 0. The molecule has 2 N–H and O–H groups in total. The first-order valence-electron chi connectivity index (χ1n) is 6.92. The molecule has 3 nitrogen and oxygen atoms in total. The number of nitrogens with one attached hydrogen (secondary N) is 2. The van der Waals surface area contributed by atoms with E-state index in [9.17, 15) is 4.79 Å². The second kappa shape index (κ2) is 4.63. The lowest BCUT2D eigenvalue weighted by Gasteiger charge is -2.19. The van der Waals surface area contributed by atoms with Crippen LogP contribution in [0.1, 0.15) is 31.7 Å². The summed E-state index contributed by atoms with van der Waals surface area (Å²) in [6.07, 6.45) is 4.74. The fraction of sp³-hybridized carbons (Fsp3) is 0.533. The van der Waals surface area contributed by atoms with E-state index in [0.717, 1.165) is 18.7 Å². The van der Waals surface area contributed by atoms with Crippen molar-refractivity contribution in [2.45, 2.75) is 32.6 Å². The van der Waals surface area contributed by atoms with Gasteiger partial charge in [0, 0.05) is 23.8 Å². The van der Waals surface area contributed by atoms with Crippen LogP contribution in [0.15, 0.2) is 18.2 Å². The lowest BCUT2D eigenvalue weighted by Crippen LogP contribution is -2.22. The molecule has 1 aliphatic carbocycles. The van der Waals surface area contributed by atoms with Gasteiger partial charge in [-0.15, -0.1) is 0 Å². The van der Waals surface area contributed by atoms with Crippen molar-refractivity contribution >= 4 is 17.3 Å². The first-order valence-corrected chi connectivity index (χ1v) is 6.92. The summed E-state index contributed by atoms with van der Waals surface area (Å²) in [5.41, 5.74) is 3.45. The second-order valence-corrected chi connectivity index (χ2v) is 5.52. The van der Waals surface area contributed by atoms with Gasteiger partial charge in [-0.05, 0) is 49.3 Å². The molecule has 0 aromatic heterocycles. The molecule has 3 rings (SSSR count). The molecule has 1 aromatic carbocycles. The van der Waals surface area contributed by atoms with E-state index in [1.165, 1.54) is 30.5 Å². The quantitative estimate of drug-likeness (QED) is 0.858. The van der Waals surface area contributed by atoms with Crippen molar-refractivity contribution in [2.24, 2.45) is 11.8 Å². The molecule has 0 radical (unpaired) electrons. The van der Waals surface area contributed by atoms with Crippen molar-refractivity contribution < 1.29 is 4.79 Å². The molecule has 0 saturated heterocycles. The van der Waals surface area contributed by atoms with E-state index in [0.29, 0.717) is 5.92 Å². The van der Waals surface area contributed by atoms with Crippen molar-refractivity contribution in [3.8, 4) is 0 Å². The Morgan fingerprint density at radius 1 is 1.44 bits per heavy atom. The number of aryl methyl sites for hydroxylation is 1. The van der Waals surface area contributed by atoms with Gasteiger partial charge in [0.05, 0.1) is 0 Å². The Labute approximate surface area is 108 Å². The van der Waals surface area contributed by atoms with Gasteiger partial charge in [0.15, 0.2) is 0 Å². The molecular weight excluding hydrogens is 224 g/mol. The number of carbonyl (C=O) groups is 1. The zero-order chi connectivity index (χ0) is 12.5. The molecule has 18 heavy (non-hydrogen) atoms. The maximum Gasteiger partial charge on any atom is 0.227 e. The number of rotatable bonds is 3. The van der Waals surface area contributed by atoms with Crippen molar-refractivity contribution in [1.29, 1.82) is 0 Å². The largest absolute Gasteiger partial charge is 0.385 e. The summed E-state index contributed by atoms with van der Waals surface area (Å²) in [5.74, 6) is 0.919. The van der Waals surface area contributed by atoms with Crippen molar-refractivity contribution in [1.82, 2.24) is 0 Å². The van der Waals surface area contributed by atoms with Gasteiger partial charge in [0.1, 0.15) is 0 Å². The fourth-order valence-corrected chi connectivity index (χ4v) is 2.61. The zero-order valence-electron chi connectivity index (χ0n) is 10.8. The minimum Gasteiger partial charge on any atom is -0.385 e. The Kier molecular flexibility index (Phi) is 2.98. The Bertz CT molecular complexity index is 466. The number of benzene rings is 1. The van der Waals surface area contributed by atoms with Gasteiger partial charge in [-0.3, -0.25) is 4.79 Å². The van der Waals surface area contributed by atoms with E-state index in [2.05, 4.69) is 22.8 Å². The van der Waals surface area contributed by atoms with Crippen molar-refractivity contribution in [3.05, 3.63) is 23.8 Å². The molecule has 2 aliphatic rings. The highest BCUT2D eigenvalue weighted by molar-refractivity contribution is 5.93. The van der Waals surface area contributed by atoms with Gasteiger partial charge in [-0.25, -0.2) is 0 Å². The summed E-state index contributed by atoms with van der Waals surface area (Å²) in [5, 5.41) is 6.42. The van der Waals surface area contributed by atoms with E-state index >= 15 is 0 Å². The smallest absolute Gasteiger partial charge is 0.227 e.